The third-order valence-electron chi connectivity index (χ3n) is 3.32. The second-order valence-electron chi connectivity index (χ2n) is 4.40. The number of benzene rings is 1. The molecule has 0 radical (unpaired) electrons. The Bertz CT molecular complexity index is 433. The van der Waals surface area contributed by atoms with Crippen LogP contribution in [0.15, 0.2) is 18.2 Å². The first-order valence-electron chi connectivity index (χ1n) is 5.54. The van der Waals surface area contributed by atoms with Crippen molar-refractivity contribution in [2.45, 2.75) is 25.2 Å². The summed E-state index contributed by atoms with van der Waals surface area (Å²) >= 11 is 0. The molecule has 1 aromatic rings. The van der Waals surface area contributed by atoms with Crippen molar-refractivity contribution in [3.63, 3.8) is 0 Å². The number of hydrogen-bond acceptors (Lipinski definition) is 2. The van der Waals surface area contributed by atoms with Crippen molar-refractivity contribution >= 4 is 0 Å². The van der Waals surface area contributed by atoms with E-state index >= 15 is 0 Å². The molecule has 2 heteroatoms. The van der Waals surface area contributed by atoms with E-state index in [9.17, 15) is 0 Å². The van der Waals surface area contributed by atoms with Crippen LogP contribution < -0.4 is 4.74 Å². The van der Waals surface area contributed by atoms with Gasteiger partial charge in [0.1, 0.15) is 5.75 Å². The Morgan fingerprint density at radius 2 is 2.33 bits per heavy atom. The van der Waals surface area contributed by atoms with Gasteiger partial charge in [0, 0.05) is 5.92 Å². The summed E-state index contributed by atoms with van der Waals surface area (Å²) in [4.78, 5) is 0. The van der Waals surface area contributed by atoms with E-state index in [0.29, 0.717) is 5.92 Å². The van der Waals surface area contributed by atoms with E-state index in [1.807, 2.05) is 0 Å². The molecule has 15 heavy (non-hydrogen) atoms. The van der Waals surface area contributed by atoms with Crippen molar-refractivity contribution < 1.29 is 4.74 Å². The van der Waals surface area contributed by atoms with Crippen LogP contribution in [0.2, 0.25) is 0 Å². The van der Waals surface area contributed by atoms with E-state index in [4.69, 9.17) is 10.00 Å². The fourth-order valence-corrected chi connectivity index (χ4v) is 2.32. The average molecular weight is 199 g/mol. The summed E-state index contributed by atoms with van der Waals surface area (Å²) in [6.45, 7) is 0.844. The maximum absolute atomic E-state index is 8.80. The molecule has 1 aromatic carbocycles. The Balaban J connectivity index is 1.89. The molecule has 76 valence electrons. The Labute approximate surface area is 89.5 Å². The summed E-state index contributed by atoms with van der Waals surface area (Å²) < 4.78 is 5.57. The highest BCUT2D eigenvalue weighted by Gasteiger charge is 2.38. The van der Waals surface area contributed by atoms with E-state index in [1.54, 1.807) is 0 Å². The summed E-state index contributed by atoms with van der Waals surface area (Å²) in [7, 11) is 0. The van der Waals surface area contributed by atoms with E-state index in [-0.39, 0.29) is 5.92 Å². The van der Waals surface area contributed by atoms with Crippen LogP contribution >= 0.6 is 0 Å². The minimum atomic E-state index is 0.257. The molecule has 1 heterocycles. The van der Waals surface area contributed by atoms with Crippen molar-refractivity contribution in [1.82, 2.24) is 0 Å². The summed E-state index contributed by atoms with van der Waals surface area (Å²) in [5.74, 6) is 1.79. The van der Waals surface area contributed by atoms with E-state index in [1.165, 1.54) is 11.1 Å². The van der Waals surface area contributed by atoms with E-state index < -0.39 is 0 Å². The van der Waals surface area contributed by atoms with Gasteiger partial charge in [-0.3, -0.25) is 0 Å². The van der Waals surface area contributed by atoms with Crippen LogP contribution in [0.5, 0.6) is 5.75 Å². The fraction of sp³-hybridized carbons (Fsp3) is 0.462. The van der Waals surface area contributed by atoms with Gasteiger partial charge < -0.3 is 4.74 Å². The lowest BCUT2D eigenvalue weighted by atomic mass is 10.0. The third-order valence-corrected chi connectivity index (χ3v) is 3.32. The number of ether oxygens (including phenoxy) is 1. The number of fused-ring (bicyclic) bond motifs is 1. The largest absolute Gasteiger partial charge is 0.493 e. The fourth-order valence-electron chi connectivity index (χ4n) is 2.32. The number of nitriles is 1. The molecule has 2 nitrogen and oxygen atoms in total. The first kappa shape index (κ1) is 8.79. The molecule has 2 unspecified atom stereocenters. The number of hydrogen-bond donors (Lipinski definition) is 0. The smallest absolute Gasteiger partial charge is 0.122 e. The molecular formula is C13H13NO. The molecule has 2 atom stereocenters. The molecule has 3 rings (SSSR count). The van der Waals surface area contributed by atoms with Crippen molar-refractivity contribution in [3.05, 3.63) is 29.3 Å². The van der Waals surface area contributed by atoms with Gasteiger partial charge >= 0.3 is 0 Å². The second kappa shape index (κ2) is 3.27. The van der Waals surface area contributed by atoms with Crippen molar-refractivity contribution in [2.24, 2.45) is 5.92 Å². The van der Waals surface area contributed by atoms with Gasteiger partial charge in [-0.2, -0.15) is 5.26 Å². The molecule has 0 saturated heterocycles. The lowest BCUT2D eigenvalue weighted by Crippen LogP contribution is -2.08. The Morgan fingerprint density at radius 1 is 1.40 bits per heavy atom. The van der Waals surface area contributed by atoms with Crippen molar-refractivity contribution in [2.75, 3.05) is 6.61 Å². The highest BCUT2D eigenvalue weighted by Crippen LogP contribution is 2.47. The maximum atomic E-state index is 8.80. The standard InChI is InChI=1S/C13H13NO/c14-8-11-7-12(11)9-3-4-13-10(6-9)2-1-5-15-13/h3-4,6,11-12H,1-2,5,7H2. The molecule has 1 aliphatic carbocycles. The van der Waals surface area contributed by atoms with Gasteiger partial charge in [0.15, 0.2) is 0 Å². The van der Waals surface area contributed by atoms with Crippen LogP contribution in [-0.2, 0) is 6.42 Å². The molecule has 0 N–H and O–H groups in total. The summed E-state index contributed by atoms with van der Waals surface area (Å²) in [6.07, 6.45) is 3.27. The quantitative estimate of drug-likeness (QED) is 0.696. The third kappa shape index (κ3) is 1.48. The first-order chi connectivity index (χ1) is 7.38. The predicted octanol–water partition coefficient (Wildman–Crippen LogP) is 2.64. The molecule has 1 aliphatic heterocycles. The van der Waals surface area contributed by atoms with Crippen LogP contribution in [0.4, 0.5) is 0 Å². The highest BCUT2D eigenvalue weighted by molar-refractivity contribution is 5.42. The number of rotatable bonds is 1. The average Bonchev–Trinajstić information content (AvgIpc) is 3.08. The number of nitrogens with zero attached hydrogens (tertiary/aromatic N) is 1. The van der Waals surface area contributed by atoms with Gasteiger partial charge in [0.05, 0.1) is 18.6 Å². The molecule has 1 fully saturated rings. The maximum Gasteiger partial charge on any atom is 0.122 e. The van der Waals surface area contributed by atoms with Crippen molar-refractivity contribution in [1.29, 1.82) is 5.26 Å². The highest BCUT2D eigenvalue weighted by atomic mass is 16.5. The zero-order valence-corrected chi connectivity index (χ0v) is 8.57. The monoisotopic (exact) mass is 199 g/mol. The normalized spacial score (nSPS) is 27.4. The van der Waals surface area contributed by atoms with E-state index in [2.05, 4.69) is 24.3 Å². The number of aryl methyl sites for hydroxylation is 1. The van der Waals surface area contributed by atoms with Crippen LogP contribution in [0.1, 0.15) is 29.9 Å². The van der Waals surface area contributed by atoms with Gasteiger partial charge in [-0.25, -0.2) is 0 Å². The zero-order valence-electron chi connectivity index (χ0n) is 8.57. The molecular weight excluding hydrogens is 186 g/mol. The zero-order chi connectivity index (χ0) is 10.3. The molecule has 2 aliphatic rings. The van der Waals surface area contributed by atoms with Crippen molar-refractivity contribution in [3.8, 4) is 11.8 Å². The van der Waals surface area contributed by atoms with Crippen LogP contribution in [-0.4, -0.2) is 6.61 Å². The summed E-state index contributed by atoms with van der Waals surface area (Å²) in [6, 6.07) is 8.75. The van der Waals surface area contributed by atoms with Gasteiger partial charge in [-0.15, -0.1) is 0 Å². The Kier molecular flexibility index (Phi) is 1.92. The molecule has 1 saturated carbocycles. The lowest BCUT2D eigenvalue weighted by molar-refractivity contribution is 0.288. The van der Waals surface area contributed by atoms with Crippen LogP contribution in [0.25, 0.3) is 0 Å². The lowest BCUT2D eigenvalue weighted by Gasteiger charge is -2.17. The Hall–Kier alpha value is -1.49. The predicted molar refractivity (Wildman–Crippen MR) is 56.7 cm³/mol. The Morgan fingerprint density at radius 3 is 3.13 bits per heavy atom. The summed E-state index contributed by atoms with van der Waals surface area (Å²) in [5.41, 5.74) is 2.65. The topological polar surface area (TPSA) is 33.0 Å². The molecule has 0 amide bonds. The summed E-state index contributed by atoms with van der Waals surface area (Å²) in [5, 5.41) is 8.80. The second-order valence-corrected chi connectivity index (χ2v) is 4.40. The SMILES string of the molecule is N#CC1CC1c1ccc2c(c1)CCCO2. The van der Waals surface area contributed by atoms with Gasteiger partial charge in [0.25, 0.3) is 0 Å². The van der Waals surface area contributed by atoms with Gasteiger partial charge in [-0.1, -0.05) is 12.1 Å². The van der Waals surface area contributed by atoms with Crippen LogP contribution in [0.3, 0.4) is 0 Å². The van der Waals surface area contributed by atoms with Gasteiger partial charge in [-0.05, 0) is 36.5 Å². The van der Waals surface area contributed by atoms with E-state index in [0.717, 1.165) is 31.6 Å². The minimum absolute atomic E-state index is 0.257. The minimum Gasteiger partial charge on any atom is -0.493 e. The molecule has 0 spiro atoms. The first-order valence-corrected chi connectivity index (χ1v) is 5.54. The molecule has 0 bridgehead atoms. The molecule has 0 aromatic heterocycles. The van der Waals surface area contributed by atoms with Gasteiger partial charge in [0.2, 0.25) is 0 Å². The van der Waals surface area contributed by atoms with Crippen LogP contribution in [0, 0.1) is 17.2 Å².